The van der Waals surface area contributed by atoms with Crippen molar-refractivity contribution < 1.29 is 0 Å². The first-order valence-corrected chi connectivity index (χ1v) is 13.5. The Morgan fingerprint density at radius 2 is 1.43 bits per heavy atom. The fourth-order valence-corrected chi connectivity index (χ4v) is 4.90. The van der Waals surface area contributed by atoms with Crippen LogP contribution in [0.1, 0.15) is 27.8 Å². The Hall–Kier alpha value is -5.08. The minimum atomic E-state index is 0.776. The number of nitrogens with one attached hydrogen (secondary N) is 1. The summed E-state index contributed by atoms with van der Waals surface area (Å²) in [5, 5.41) is 3.61. The molecule has 0 heterocycles. The van der Waals surface area contributed by atoms with Gasteiger partial charge in [0, 0.05) is 22.6 Å². The van der Waals surface area contributed by atoms with Gasteiger partial charge in [-0.05, 0) is 82.6 Å². The lowest BCUT2D eigenvalue weighted by Crippen LogP contribution is -1.95. The summed E-state index contributed by atoms with van der Waals surface area (Å²) in [5.41, 5.74) is 19.4. The van der Waals surface area contributed by atoms with Crippen molar-refractivity contribution in [1.29, 1.82) is 0 Å². The maximum absolute atomic E-state index is 6.31. The Balaban J connectivity index is 1.35. The van der Waals surface area contributed by atoms with Gasteiger partial charge in [0.1, 0.15) is 0 Å². The van der Waals surface area contributed by atoms with Crippen LogP contribution in [0.25, 0.3) is 40.5 Å². The van der Waals surface area contributed by atoms with Crippen LogP contribution in [-0.2, 0) is 6.42 Å². The molecule has 0 bridgehead atoms. The van der Waals surface area contributed by atoms with Gasteiger partial charge >= 0.3 is 0 Å². The molecule has 0 atom stereocenters. The van der Waals surface area contributed by atoms with E-state index >= 15 is 0 Å². The molecule has 2 heteroatoms. The second kappa shape index (κ2) is 12.2. The molecule has 0 spiro atoms. The highest BCUT2D eigenvalue weighted by Gasteiger charge is 2.11. The predicted octanol–water partition coefficient (Wildman–Crippen LogP) is 10.2. The maximum Gasteiger partial charge on any atom is 0.0464 e. The van der Waals surface area contributed by atoms with Crippen LogP contribution in [0, 0.1) is 6.92 Å². The van der Waals surface area contributed by atoms with Crippen LogP contribution >= 0.6 is 0 Å². The normalized spacial score (nSPS) is 10.9. The molecule has 0 aliphatic rings. The largest absolute Gasteiger partial charge is 0.398 e. The molecule has 2 nitrogen and oxygen atoms in total. The molecule has 0 aliphatic carbocycles. The Morgan fingerprint density at radius 3 is 2.17 bits per heavy atom. The highest BCUT2D eigenvalue weighted by Crippen LogP contribution is 2.35. The van der Waals surface area contributed by atoms with Gasteiger partial charge in [0.15, 0.2) is 0 Å². The van der Waals surface area contributed by atoms with Crippen molar-refractivity contribution in [2.45, 2.75) is 13.3 Å². The summed E-state index contributed by atoms with van der Waals surface area (Å²) in [6.07, 6.45) is 8.93. The SMILES string of the molecule is C=Cc1cccc(-c2ccccc2Nc2ccc(-c3ccc(N)c(/C=C\Cc4ccc(C)cc4)c3)cc2)c1C=C. The van der Waals surface area contributed by atoms with Crippen LogP contribution < -0.4 is 11.1 Å². The van der Waals surface area contributed by atoms with Gasteiger partial charge in [0.2, 0.25) is 0 Å². The summed E-state index contributed by atoms with van der Waals surface area (Å²) in [6, 6.07) is 38.0. The lowest BCUT2D eigenvalue weighted by molar-refractivity contribution is 1.26. The molecule has 0 radical (unpaired) electrons. The van der Waals surface area contributed by atoms with Crippen molar-refractivity contribution >= 4 is 35.3 Å². The lowest BCUT2D eigenvalue weighted by atomic mass is 9.94. The summed E-state index contributed by atoms with van der Waals surface area (Å²) in [7, 11) is 0. The van der Waals surface area contributed by atoms with E-state index in [2.05, 4.69) is 135 Å². The summed E-state index contributed by atoms with van der Waals surface area (Å²) < 4.78 is 0. The minimum Gasteiger partial charge on any atom is -0.398 e. The first-order valence-electron chi connectivity index (χ1n) is 13.5. The van der Waals surface area contributed by atoms with E-state index in [9.17, 15) is 0 Å². The fraction of sp³-hybridized carbons (Fsp3) is 0.0526. The number of nitrogen functional groups attached to an aromatic ring is 1. The second-order valence-electron chi connectivity index (χ2n) is 9.90. The molecular formula is C38H34N2. The number of benzene rings is 5. The molecule has 40 heavy (non-hydrogen) atoms. The van der Waals surface area contributed by atoms with Crippen molar-refractivity contribution in [1.82, 2.24) is 0 Å². The molecule has 0 fully saturated rings. The topological polar surface area (TPSA) is 38.0 Å². The Morgan fingerprint density at radius 1 is 0.700 bits per heavy atom. The second-order valence-corrected chi connectivity index (χ2v) is 9.90. The number of hydrogen-bond donors (Lipinski definition) is 2. The quantitative estimate of drug-likeness (QED) is 0.190. The zero-order valence-corrected chi connectivity index (χ0v) is 22.9. The van der Waals surface area contributed by atoms with Crippen LogP contribution in [-0.4, -0.2) is 0 Å². The van der Waals surface area contributed by atoms with E-state index in [-0.39, 0.29) is 0 Å². The Kier molecular flexibility index (Phi) is 8.08. The van der Waals surface area contributed by atoms with Gasteiger partial charge in [0.05, 0.1) is 0 Å². The molecule has 0 aromatic heterocycles. The molecule has 0 saturated heterocycles. The van der Waals surface area contributed by atoms with Gasteiger partial charge in [-0.2, -0.15) is 0 Å². The molecule has 0 aliphatic heterocycles. The van der Waals surface area contributed by atoms with Gasteiger partial charge in [-0.3, -0.25) is 0 Å². The first-order chi connectivity index (χ1) is 19.6. The first kappa shape index (κ1) is 26.5. The fourth-order valence-electron chi connectivity index (χ4n) is 4.90. The van der Waals surface area contributed by atoms with Gasteiger partial charge in [0.25, 0.3) is 0 Å². The highest BCUT2D eigenvalue weighted by atomic mass is 14.9. The van der Waals surface area contributed by atoms with Crippen LogP contribution in [0.4, 0.5) is 17.1 Å². The Labute approximate surface area is 237 Å². The van der Waals surface area contributed by atoms with Crippen molar-refractivity contribution in [2.24, 2.45) is 0 Å². The predicted molar refractivity (Wildman–Crippen MR) is 176 cm³/mol. The van der Waals surface area contributed by atoms with Crippen LogP contribution in [0.15, 0.2) is 128 Å². The van der Waals surface area contributed by atoms with E-state index in [1.54, 1.807) is 0 Å². The zero-order valence-electron chi connectivity index (χ0n) is 22.9. The van der Waals surface area contributed by atoms with E-state index in [0.717, 1.165) is 62.4 Å². The van der Waals surface area contributed by atoms with Gasteiger partial charge < -0.3 is 11.1 Å². The Bertz CT molecular complexity index is 1670. The van der Waals surface area contributed by atoms with Crippen molar-refractivity contribution in [3.8, 4) is 22.3 Å². The molecule has 196 valence electrons. The smallest absolute Gasteiger partial charge is 0.0464 e. The van der Waals surface area contributed by atoms with E-state index in [1.165, 1.54) is 11.1 Å². The molecule has 5 aromatic rings. The van der Waals surface area contributed by atoms with Crippen molar-refractivity contribution in [2.75, 3.05) is 11.1 Å². The third kappa shape index (κ3) is 5.98. The van der Waals surface area contributed by atoms with E-state index in [0.29, 0.717) is 0 Å². The molecule has 0 amide bonds. The molecule has 5 aromatic carbocycles. The summed E-state index contributed by atoms with van der Waals surface area (Å²) in [5.74, 6) is 0. The standard InChI is InChI=1S/C38H34N2/c1-4-29-11-9-14-35(34(29)5-2)36-13-6-7-15-38(36)40-33-23-20-30(21-24-33)31-22-25-37(39)32(26-31)12-8-10-28-18-16-27(3)17-19-28/h4-9,11-26,40H,1-2,10,39H2,3H3/b12-8-. The average Bonchev–Trinajstić information content (AvgIpc) is 2.99. The number of nitrogens with two attached hydrogens (primary N) is 1. The molecular weight excluding hydrogens is 484 g/mol. The van der Waals surface area contributed by atoms with Gasteiger partial charge in [-0.25, -0.2) is 0 Å². The van der Waals surface area contributed by atoms with Gasteiger partial charge in [-0.15, -0.1) is 0 Å². The van der Waals surface area contributed by atoms with Crippen molar-refractivity contribution in [3.63, 3.8) is 0 Å². The average molecular weight is 519 g/mol. The lowest BCUT2D eigenvalue weighted by Gasteiger charge is -2.16. The summed E-state index contributed by atoms with van der Waals surface area (Å²) >= 11 is 0. The maximum atomic E-state index is 6.31. The van der Waals surface area contributed by atoms with Gasteiger partial charge in [-0.1, -0.05) is 122 Å². The highest BCUT2D eigenvalue weighted by molar-refractivity contribution is 5.88. The number of rotatable bonds is 9. The number of para-hydroxylation sites is 1. The van der Waals surface area contributed by atoms with E-state index < -0.39 is 0 Å². The number of hydrogen-bond acceptors (Lipinski definition) is 2. The number of anilines is 3. The van der Waals surface area contributed by atoms with Crippen molar-refractivity contribution in [3.05, 3.63) is 156 Å². The van der Waals surface area contributed by atoms with E-state index in [1.807, 2.05) is 24.3 Å². The third-order valence-corrected chi connectivity index (χ3v) is 7.14. The zero-order chi connectivity index (χ0) is 27.9. The minimum absolute atomic E-state index is 0.776. The van der Waals surface area contributed by atoms with Crippen LogP contribution in [0.5, 0.6) is 0 Å². The monoisotopic (exact) mass is 518 g/mol. The molecule has 0 saturated carbocycles. The van der Waals surface area contributed by atoms with E-state index in [4.69, 9.17) is 5.73 Å². The summed E-state index contributed by atoms with van der Waals surface area (Å²) in [6.45, 7) is 10.1. The number of aryl methyl sites for hydroxylation is 1. The molecule has 5 rings (SSSR count). The number of allylic oxidation sites excluding steroid dienone is 1. The molecule has 3 N–H and O–H groups in total. The third-order valence-electron chi connectivity index (χ3n) is 7.14. The van der Waals surface area contributed by atoms with Crippen LogP contribution in [0.2, 0.25) is 0 Å². The molecule has 0 unspecified atom stereocenters. The summed E-state index contributed by atoms with van der Waals surface area (Å²) in [4.78, 5) is 0. The van der Waals surface area contributed by atoms with Crippen LogP contribution in [0.3, 0.4) is 0 Å².